The summed E-state index contributed by atoms with van der Waals surface area (Å²) >= 11 is 0. The molecule has 0 aliphatic rings. The van der Waals surface area contributed by atoms with Crippen LogP contribution in [-0.2, 0) is 5.54 Å². The SMILES string of the molecule is CC(C)(C)n1c(=O)c2cc3c(=O)[nH]c(=O)c3cc2c1=O.CC(C)C. The smallest absolute Gasteiger partial charge is 0.262 e. The number of benzene rings is 1. The topological polar surface area (TPSA) is 89.0 Å². The van der Waals surface area contributed by atoms with Crippen LogP contribution < -0.4 is 22.2 Å². The van der Waals surface area contributed by atoms with Gasteiger partial charge in [0.15, 0.2) is 0 Å². The Bertz CT molecular complexity index is 1020. The highest BCUT2D eigenvalue weighted by molar-refractivity contribution is 5.97. The second kappa shape index (κ2) is 5.85. The van der Waals surface area contributed by atoms with Crippen LogP contribution in [0.25, 0.3) is 21.5 Å². The maximum atomic E-state index is 12.3. The van der Waals surface area contributed by atoms with Crippen molar-refractivity contribution in [3.05, 3.63) is 53.5 Å². The molecule has 0 bridgehead atoms. The lowest BCUT2D eigenvalue weighted by atomic mass is 10.1. The average Bonchev–Trinajstić information content (AvgIpc) is 2.83. The van der Waals surface area contributed by atoms with Crippen molar-refractivity contribution < 1.29 is 0 Å². The van der Waals surface area contributed by atoms with E-state index in [9.17, 15) is 19.2 Å². The van der Waals surface area contributed by atoms with E-state index < -0.39 is 27.8 Å². The highest BCUT2D eigenvalue weighted by Crippen LogP contribution is 2.16. The molecular formula is C18H22N2O4. The van der Waals surface area contributed by atoms with Gasteiger partial charge in [-0.15, -0.1) is 0 Å². The Balaban J connectivity index is 0.000000471. The summed E-state index contributed by atoms with van der Waals surface area (Å²) in [4.78, 5) is 50.0. The first-order valence-electron chi connectivity index (χ1n) is 7.87. The molecule has 1 aromatic carbocycles. The number of nitrogens with one attached hydrogen (secondary N) is 1. The number of aromatic nitrogens is 2. The largest absolute Gasteiger partial charge is 0.288 e. The fraction of sp³-hybridized carbons (Fsp3) is 0.444. The van der Waals surface area contributed by atoms with Gasteiger partial charge in [-0.25, -0.2) is 0 Å². The van der Waals surface area contributed by atoms with Crippen molar-refractivity contribution in [1.29, 1.82) is 0 Å². The number of hydrogen-bond acceptors (Lipinski definition) is 4. The van der Waals surface area contributed by atoms with Gasteiger partial charge in [0.1, 0.15) is 0 Å². The van der Waals surface area contributed by atoms with E-state index >= 15 is 0 Å². The van der Waals surface area contributed by atoms with Crippen molar-refractivity contribution in [3.63, 3.8) is 0 Å². The Morgan fingerprint density at radius 2 is 1.12 bits per heavy atom. The Morgan fingerprint density at radius 1 is 0.792 bits per heavy atom. The van der Waals surface area contributed by atoms with Gasteiger partial charge in [0.25, 0.3) is 22.2 Å². The molecule has 1 N–H and O–H groups in total. The molecule has 3 aromatic rings. The first-order valence-corrected chi connectivity index (χ1v) is 7.87. The van der Waals surface area contributed by atoms with Crippen molar-refractivity contribution in [2.75, 3.05) is 0 Å². The van der Waals surface area contributed by atoms with Crippen LogP contribution in [-0.4, -0.2) is 9.55 Å². The fourth-order valence-electron chi connectivity index (χ4n) is 2.51. The summed E-state index contributed by atoms with van der Waals surface area (Å²) in [5.74, 6) is 0.833. The molecule has 128 valence electrons. The van der Waals surface area contributed by atoms with Crippen molar-refractivity contribution in [1.82, 2.24) is 9.55 Å². The highest BCUT2D eigenvalue weighted by Gasteiger charge is 2.23. The third kappa shape index (κ3) is 2.96. The van der Waals surface area contributed by atoms with E-state index in [0.29, 0.717) is 0 Å². The molecule has 3 rings (SSSR count). The second-order valence-electron chi connectivity index (χ2n) is 7.58. The fourth-order valence-corrected chi connectivity index (χ4v) is 2.51. The molecule has 0 saturated heterocycles. The van der Waals surface area contributed by atoms with Crippen molar-refractivity contribution in [2.45, 2.75) is 47.1 Å². The first kappa shape index (κ1) is 17.8. The highest BCUT2D eigenvalue weighted by atomic mass is 16.2. The van der Waals surface area contributed by atoms with Gasteiger partial charge in [0, 0.05) is 5.54 Å². The zero-order chi connectivity index (χ0) is 18.4. The van der Waals surface area contributed by atoms with Crippen LogP contribution in [0.5, 0.6) is 0 Å². The van der Waals surface area contributed by atoms with Gasteiger partial charge in [0.05, 0.1) is 21.5 Å². The summed E-state index contributed by atoms with van der Waals surface area (Å²) in [5, 5.41) is 0.637. The van der Waals surface area contributed by atoms with Gasteiger partial charge in [-0.1, -0.05) is 20.8 Å². The van der Waals surface area contributed by atoms with Crippen LogP contribution in [0, 0.1) is 5.92 Å². The monoisotopic (exact) mass is 330 g/mol. The summed E-state index contributed by atoms with van der Waals surface area (Å²) in [6, 6.07) is 2.66. The molecule has 0 radical (unpaired) electrons. The van der Waals surface area contributed by atoms with Crippen LogP contribution in [0.2, 0.25) is 0 Å². The van der Waals surface area contributed by atoms with E-state index in [1.54, 1.807) is 20.8 Å². The van der Waals surface area contributed by atoms with Gasteiger partial charge in [-0.05, 0) is 38.8 Å². The molecule has 2 heterocycles. The van der Waals surface area contributed by atoms with Gasteiger partial charge in [-0.2, -0.15) is 0 Å². The molecular weight excluding hydrogens is 308 g/mol. The molecule has 0 aliphatic heterocycles. The molecule has 0 aliphatic carbocycles. The van der Waals surface area contributed by atoms with Gasteiger partial charge >= 0.3 is 0 Å². The molecule has 6 heteroatoms. The Morgan fingerprint density at radius 3 is 1.42 bits per heavy atom. The van der Waals surface area contributed by atoms with Crippen LogP contribution >= 0.6 is 0 Å². The molecule has 6 nitrogen and oxygen atoms in total. The summed E-state index contributed by atoms with van der Waals surface area (Å²) in [7, 11) is 0. The molecule has 0 saturated carbocycles. The third-order valence-corrected chi connectivity index (χ3v) is 3.41. The number of nitrogens with zero attached hydrogens (tertiary/aromatic N) is 1. The normalized spacial score (nSPS) is 12.0. The number of rotatable bonds is 0. The minimum atomic E-state index is -0.663. The summed E-state index contributed by atoms with van der Waals surface area (Å²) < 4.78 is 1.15. The number of aromatic amines is 1. The second-order valence-corrected chi connectivity index (χ2v) is 7.58. The predicted molar refractivity (Wildman–Crippen MR) is 96.8 cm³/mol. The zero-order valence-electron chi connectivity index (χ0n) is 14.8. The van der Waals surface area contributed by atoms with Crippen LogP contribution in [0.15, 0.2) is 31.3 Å². The molecule has 0 amide bonds. The lowest BCUT2D eigenvalue weighted by molar-refractivity contribution is 0.380. The molecule has 2 aromatic heterocycles. The molecule has 0 spiro atoms. The predicted octanol–water partition coefficient (Wildman–Crippen LogP) is 1.86. The van der Waals surface area contributed by atoms with E-state index in [2.05, 4.69) is 25.8 Å². The molecule has 0 fully saturated rings. The van der Waals surface area contributed by atoms with Crippen molar-refractivity contribution >= 4 is 21.5 Å². The minimum absolute atomic E-state index is 0.144. The van der Waals surface area contributed by atoms with Crippen molar-refractivity contribution in [2.24, 2.45) is 5.92 Å². The van der Waals surface area contributed by atoms with E-state index in [4.69, 9.17) is 0 Å². The van der Waals surface area contributed by atoms with E-state index in [1.165, 1.54) is 12.1 Å². The quantitative estimate of drug-likeness (QED) is 0.681. The summed E-state index contributed by atoms with van der Waals surface area (Å²) in [5.41, 5.74) is -2.62. The summed E-state index contributed by atoms with van der Waals surface area (Å²) in [6.45, 7) is 11.8. The lowest BCUT2D eigenvalue weighted by Gasteiger charge is -2.18. The number of fused-ring (bicyclic) bond motifs is 2. The Kier molecular flexibility index (Phi) is 4.35. The number of H-pyrrole nitrogens is 1. The van der Waals surface area contributed by atoms with E-state index in [-0.39, 0.29) is 21.5 Å². The van der Waals surface area contributed by atoms with Crippen LogP contribution in [0.3, 0.4) is 0 Å². The molecule has 0 atom stereocenters. The van der Waals surface area contributed by atoms with E-state index in [1.807, 2.05) is 0 Å². The Hall–Kier alpha value is -2.50. The standard InChI is InChI=1S/C14H12N2O4.C4H10/c1-14(2,3)16-12(19)8-4-6-7(5-9(8)13(16)20)11(18)15-10(6)17;1-4(2)3/h4-5H,1-3H3,(H,15,17,18);4H,1-3H3. The minimum Gasteiger partial charge on any atom is -0.288 e. The maximum absolute atomic E-state index is 12.3. The maximum Gasteiger partial charge on any atom is 0.262 e. The van der Waals surface area contributed by atoms with Crippen LogP contribution in [0.1, 0.15) is 41.5 Å². The van der Waals surface area contributed by atoms with E-state index in [0.717, 1.165) is 10.5 Å². The van der Waals surface area contributed by atoms with Gasteiger partial charge in [0.2, 0.25) is 0 Å². The average molecular weight is 330 g/mol. The number of hydrogen-bond donors (Lipinski definition) is 1. The summed E-state index contributed by atoms with van der Waals surface area (Å²) in [6.07, 6.45) is 0. The van der Waals surface area contributed by atoms with Gasteiger partial charge < -0.3 is 0 Å². The lowest BCUT2D eigenvalue weighted by Crippen LogP contribution is -2.38. The van der Waals surface area contributed by atoms with Crippen LogP contribution in [0.4, 0.5) is 0 Å². The molecule has 24 heavy (non-hydrogen) atoms. The third-order valence-electron chi connectivity index (χ3n) is 3.41. The first-order chi connectivity index (χ1) is 10.9. The van der Waals surface area contributed by atoms with Gasteiger partial charge in [-0.3, -0.25) is 28.7 Å². The van der Waals surface area contributed by atoms with Crippen molar-refractivity contribution in [3.8, 4) is 0 Å². The molecule has 0 unspecified atom stereocenters. The Labute approximate surface area is 138 Å². The zero-order valence-corrected chi connectivity index (χ0v) is 14.8.